The van der Waals surface area contributed by atoms with Crippen molar-refractivity contribution in [3.63, 3.8) is 0 Å². The van der Waals surface area contributed by atoms with E-state index in [1.807, 2.05) is 55.5 Å². The van der Waals surface area contributed by atoms with Crippen LogP contribution < -0.4 is 10.1 Å². The summed E-state index contributed by atoms with van der Waals surface area (Å²) in [6.07, 6.45) is 1.02. The normalized spacial score (nSPS) is 16.4. The van der Waals surface area contributed by atoms with Crippen molar-refractivity contribution < 1.29 is 9.53 Å². The minimum atomic E-state index is -0.0835. The topological polar surface area (TPSA) is 38.3 Å². The molecule has 1 N–H and O–H groups in total. The van der Waals surface area contributed by atoms with E-state index in [2.05, 4.69) is 5.32 Å². The van der Waals surface area contributed by atoms with Crippen LogP contribution in [0.2, 0.25) is 0 Å². The van der Waals surface area contributed by atoms with Crippen LogP contribution in [0.3, 0.4) is 0 Å². The fourth-order valence-electron chi connectivity index (χ4n) is 2.49. The highest BCUT2D eigenvalue weighted by Gasteiger charge is 2.24. The van der Waals surface area contributed by atoms with Crippen LogP contribution in [0.4, 0.5) is 0 Å². The zero-order chi connectivity index (χ0) is 13.9. The molecule has 102 valence electrons. The molecule has 0 saturated carbocycles. The van der Waals surface area contributed by atoms with Crippen LogP contribution in [-0.2, 0) is 13.0 Å². The molecule has 1 aliphatic heterocycles. The lowest BCUT2D eigenvalue weighted by molar-refractivity contribution is 0.0946. The fraction of sp³-hybridized carbons (Fsp3) is 0.235. The van der Waals surface area contributed by atoms with E-state index in [4.69, 9.17) is 4.74 Å². The number of nitrogens with one attached hydrogen (secondary N) is 1. The van der Waals surface area contributed by atoms with E-state index in [9.17, 15) is 4.79 Å². The van der Waals surface area contributed by atoms with Gasteiger partial charge in [-0.05, 0) is 24.1 Å². The molecular formula is C17H17NO2. The van der Waals surface area contributed by atoms with Crippen LogP contribution >= 0.6 is 0 Å². The Bertz CT molecular complexity index is 622. The van der Waals surface area contributed by atoms with Crippen LogP contribution in [0.15, 0.2) is 48.5 Å². The maximum atomic E-state index is 12.3. The van der Waals surface area contributed by atoms with Crippen LogP contribution in [0.25, 0.3) is 0 Å². The molecule has 1 aliphatic rings. The first kappa shape index (κ1) is 12.7. The van der Waals surface area contributed by atoms with Gasteiger partial charge in [0, 0.05) is 13.0 Å². The first-order valence-corrected chi connectivity index (χ1v) is 6.84. The first-order chi connectivity index (χ1) is 9.74. The molecular weight excluding hydrogens is 250 g/mol. The molecule has 0 saturated heterocycles. The molecule has 3 heteroatoms. The van der Waals surface area contributed by atoms with E-state index in [1.54, 1.807) is 0 Å². The molecule has 0 unspecified atom stereocenters. The quantitative estimate of drug-likeness (QED) is 0.928. The maximum absolute atomic E-state index is 12.3. The molecule has 0 aromatic heterocycles. The molecule has 2 aromatic carbocycles. The molecule has 0 aliphatic carbocycles. The van der Waals surface area contributed by atoms with Gasteiger partial charge in [0.25, 0.3) is 5.91 Å². The van der Waals surface area contributed by atoms with Crippen molar-refractivity contribution >= 4 is 5.91 Å². The highest BCUT2D eigenvalue weighted by atomic mass is 16.5. The number of hydrogen-bond donors (Lipinski definition) is 1. The lowest BCUT2D eigenvalue weighted by Crippen LogP contribution is -2.23. The minimum Gasteiger partial charge on any atom is -0.489 e. The molecule has 20 heavy (non-hydrogen) atoms. The number of para-hydroxylation sites is 1. The molecule has 1 heterocycles. The first-order valence-electron chi connectivity index (χ1n) is 6.84. The van der Waals surface area contributed by atoms with Crippen molar-refractivity contribution in [2.24, 2.45) is 0 Å². The van der Waals surface area contributed by atoms with E-state index in [0.29, 0.717) is 12.1 Å². The van der Waals surface area contributed by atoms with E-state index in [-0.39, 0.29) is 12.0 Å². The third-order valence-corrected chi connectivity index (χ3v) is 3.46. The summed E-state index contributed by atoms with van der Waals surface area (Å²) in [4.78, 5) is 12.3. The van der Waals surface area contributed by atoms with Gasteiger partial charge in [-0.2, -0.15) is 0 Å². The lowest BCUT2D eigenvalue weighted by Gasteiger charge is -2.10. The summed E-state index contributed by atoms with van der Waals surface area (Å²) in [5, 5.41) is 2.94. The van der Waals surface area contributed by atoms with E-state index >= 15 is 0 Å². The summed E-state index contributed by atoms with van der Waals surface area (Å²) in [5.41, 5.74) is 2.83. The monoisotopic (exact) mass is 267 g/mol. The highest BCUT2D eigenvalue weighted by Crippen LogP contribution is 2.32. The van der Waals surface area contributed by atoms with Gasteiger partial charge in [-0.1, -0.05) is 42.5 Å². The van der Waals surface area contributed by atoms with Crippen LogP contribution in [0.1, 0.15) is 28.4 Å². The summed E-state index contributed by atoms with van der Waals surface area (Å²) in [5.74, 6) is 0.658. The third kappa shape index (κ3) is 2.52. The molecule has 2 aromatic rings. The van der Waals surface area contributed by atoms with Crippen LogP contribution in [0.5, 0.6) is 5.75 Å². The van der Waals surface area contributed by atoms with Crippen molar-refractivity contribution in [1.82, 2.24) is 5.32 Å². The number of carbonyl (C=O) groups is 1. The molecule has 0 bridgehead atoms. The number of hydrogen-bond acceptors (Lipinski definition) is 2. The molecule has 3 nitrogen and oxygen atoms in total. The summed E-state index contributed by atoms with van der Waals surface area (Å²) in [6, 6.07) is 15.6. The highest BCUT2D eigenvalue weighted by molar-refractivity contribution is 5.97. The van der Waals surface area contributed by atoms with Crippen LogP contribution in [0, 0.1) is 0 Å². The summed E-state index contributed by atoms with van der Waals surface area (Å²) < 4.78 is 5.75. The molecule has 3 rings (SSSR count). The number of fused-ring (bicyclic) bond motifs is 1. The summed E-state index contributed by atoms with van der Waals surface area (Å²) >= 11 is 0. The molecule has 0 fully saturated rings. The van der Waals surface area contributed by atoms with Crippen molar-refractivity contribution in [3.8, 4) is 5.75 Å². The number of carbonyl (C=O) groups excluding carboxylic acids is 1. The van der Waals surface area contributed by atoms with Gasteiger partial charge in [0.1, 0.15) is 11.9 Å². The van der Waals surface area contributed by atoms with E-state index in [1.165, 1.54) is 0 Å². The third-order valence-electron chi connectivity index (χ3n) is 3.46. The molecule has 0 spiro atoms. The largest absolute Gasteiger partial charge is 0.489 e. The van der Waals surface area contributed by atoms with Gasteiger partial charge < -0.3 is 10.1 Å². The zero-order valence-electron chi connectivity index (χ0n) is 11.4. The average molecular weight is 267 g/mol. The lowest BCUT2D eigenvalue weighted by atomic mass is 10.1. The Hall–Kier alpha value is -2.29. The van der Waals surface area contributed by atoms with Crippen molar-refractivity contribution in [2.45, 2.75) is 26.0 Å². The van der Waals surface area contributed by atoms with Gasteiger partial charge in [0.05, 0.1) is 5.56 Å². The van der Waals surface area contributed by atoms with Crippen molar-refractivity contribution in [3.05, 3.63) is 65.2 Å². The Labute approximate surface area is 118 Å². The van der Waals surface area contributed by atoms with Crippen molar-refractivity contribution in [2.75, 3.05) is 0 Å². The van der Waals surface area contributed by atoms with Gasteiger partial charge in [-0.3, -0.25) is 4.79 Å². The summed E-state index contributed by atoms with van der Waals surface area (Å²) in [6.45, 7) is 2.55. The Kier molecular flexibility index (Phi) is 3.42. The second-order valence-electron chi connectivity index (χ2n) is 5.09. The Morgan fingerprint density at radius 1 is 1.20 bits per heavy atom. The van der Waals surface area contributed by atoms with Gasteiger partial charge >= 0.3 is 0 Å². The maximum Gasteiger partial charge on any atom is 0.255 e. The van der Waals surface area contributed by atoms with E-state index < -0.39 is 0 Å². The standard InChI is InChI=1S/C17H17NO2/c1-12-10-14-8-5-9-15(16(14)20-12)17(19)18-11-13-6-3-2-4-7-13/h2-9,12H,10-11H2,1H3,(H,18,19)/t12-/m0/s1. The summed E-state index contributed by atoms with van der Waals surface area (Å²) in [7, 11) is 0. The van der Waals surface area contributed by atoms with Gasteiger partial charge in [0.15, 0.2) is 0 Å². The number of rotatable bonds is 3. The van der Waals surface area contributed by atoms with Gasteiger partial charge in [-0.25, -0.2) is 0 Å². The predicted octanol–water partition coefficient (Wildman–Crippen LogP) is 2.94. The van der Waals surface area contributed by atoms with Gasteiger partial charge in [0.2, 0.25) is 0 Å². The number of ether oxygens (including phenoxy) is 1. The molecule has 0 radical (unpaired) electrons. The smallest absolute Gasteiger partial charge is 0.255 e. The predicted molar refractivity (Wildman–Crippen MR) is 77.8 cm³/mol. The second kappa shape index (κ2) is 5.37. The molecule has 1 amide bonds. The number of benzene rings is 2. The Balaban J connectivity index is 1.74. The van der Waals surface area contributed by atoms with E-state index in [0.717, 1.165) is 23.3 Å². The Morgan fingerprint density at radius 2 is 2.00 bits per heavy atom. The molecule has 1 atom stereocenters. The fourth-order valence-corrected chi connectivity index (χ4v) is 2.49. The van der Waals surface area contributed by atoms with Crippen molar-refractivity contribution in [1.29, 1.82) is 0 Å². The minimum absolute atomic E-state index is 0.0835. The van der Waals surface area contributed by atoms with Crippen LogP contribution in [-0.4, -0.2) is 12.0 Å². The Morgan fingerprint density at radius 3 is 2.80 bits per heavy atom. The van der Waals surface area contributed by atoms with Gasteiger partial charge in [-0.15, -0.1) is 0 Å². The zero-order valence-corrected chi connectivity index (χ0v) is 11.4. The average Bonchev–Trinajstić information content (AvgIpc) is 2.85. The number of amides is 1. The second-order valence-corrected chi connectivity index (χ2v) is 5.09. The SMILES string of the molecule is C[C@H]1Cc2cccc(C(=O)NCc3ccccc3)c2O1.